The maximum atomic E-state index is 9.57. The van der Waals surface area contributed by atoms with E-state index < -0.39 is 6.10 Å². The average molecular weight is 341 g/mol. The number of aliphatic hydroxyl groups excluding tert-OH is 1. The molecule has 0 amide bonds. The van der Waals surface area contributed by atoms with Gasteiger partial charge in [0.25, 0.3) is 0 Å². The van der Waals surface area contributed by atoms with Gasteiger partial charge in [0.2, 0.25) is 0 Å². The number of hydrogen-bond donors (Lipinski definition) is 3. The van der Waals surface area contributed by atoms with Crippen LogP contribution in [-0.2, 0) is 0 Å². The molecule has 110 valence electrons. The maximum absolute atomic E-state index is 9.57. The summed E-state index contributed by atoms with van der Waals surface area (Å²) < 4.78 is 0. The van der Waals surface area contributed by atoms with Gasteiger partial charge >= 0.3 is 0 Å². The number of anilines is 2. The van der Waals surface area contributed by atoms with Crippen molar-refractivity contribution < 1.29 is 5.11 Å². The Morgan fingerprint density at radius 2 is 1.71 bits per heavy atom. The predicted molar refractivity (Wildman–Crippen MR) is 93.4 cm³/mol. The summed E-state index contributed by atoms with van der Waals surface area (Å²) in [5.41, 5.74) is 2.36. The van der Waals surface area contributed by atoms with E-state index in [-0.39, 0.29) is 0 Å². The minimum Gasteiger partial charge on any atom is -0.389 e. The fourth-order valence-electron chi connectivity index (χ4n) is 1.74. The van der Waals surface area contributed by atoms with E-state index >= 15 is 0 Å². The molecule has 0 aromatic heterocycles. The number of aliphatic hydroxyl groups is 1. The van der Waals surface area contributed by atoms with Gasteiger partial charge in [-0.3, -0.25) is 0 Å². The molecule has 2 aromatic rings. The maximum Gasteiger partial charge on any atom is 0.175 e. The van der Waals surface area contributed by atoms with Crippen molar-refractivity contribution >= 4 is 51.9 Å². The third-order valence-corrected chi connectivity index (χ3v) is 3.75. The molecule has 0 spiro atoms. The van der Waals surface area contributed by atoms with E-state index in [0.29, 0.717) is 15.2 Å². The van der Waals surface area contributed by atoms with Crippen molar-refractivity contribution in [1.82, 2.24) is 0 Å². The molecule has 0 saturated heterocycles. The van der Waals surface area contributed by atoms with E-state index in [2.05, 4.69) is 10.6 Å². The van der Waals surface area contributed by atoms with Crippen molar-refractivity contribution in [2.24, 2.45) is 0 Å². The summed E-state index contributed by atoms with van der Waals surface area (Å²) in [7, 11) is 0. The highest BCUT2D eigenvalue weighted by molar-refractivity contribution is 7.80. The Balaban J connectivity index is 2.04. The van der Waals surface area contributed by atoms with Crippen molar-refractivity contribution in [3.63, 3.8) is 0 Å². The highest BCUT2D eigenvalue weighted by Gasteiger charge is 2.04. The van der Waals surface area contributed by atoms with Crippen LogP contribution in [0.25, 0.3) is 0 Å². The lowest BCUT2D eigenvalue weighted by Crippen LogP contribution is -2.19. The van der Waals surface area contributed by atoms with Gasteiger partial charge in [0, 0.05) is 11.4 Å². The standard InChI is InChI=1S/C15H14Cl2N2OS/c1-9(20)10-3-2-4-11(7-10)18-15(21)19-12-5-6-13(16)14(17)8-12/h2-9,20H,1H3,(H2,18,19,21)/t9-/m1/s1. The molecule has 1 atom stereocenters. The normalized spacial score (nSPS) is 11.8. The number of thiocarbonyl (C=S) groups is 1. The van der Waals surface area contributed by atoms with E-state index in [1.165, 1.54) is 0 Å². The number of rotatable bonds is 3. The number of nitrogens with one attached hydrogen (secondary N) is 2. The van der Waals surface area contributed by atoms with Crippen molar-refractivity contribution in [3.8, 4) is 0 Å². The molecule has 21 heavy (non-hydrogen) atoms. The fourth-order valence-corrected chi connectivity index (χ4v) is 2.28. The van der Waals surface area contributed by atoms with Crippen LogP contribution in [0.5, 0.6) is 0 Å². The highest BCUT2D eigenvalue weighted by atomic mass is 35.5. The Morgan fingerprint density at radius 1 is 1.05 bits per heavy atom. The fraction of sp³-hybridized carbons (Fsp3) is 0.133. The van der Waals surface area contributed by atoms with Crippen LogP contribution in [0.15, 0.2) is 42.5 Å². The Bertz CT molecular complexity index is 662. The summed E-state index contributed by atoms with van der Waals surface area (Å²) in [5.74, 6) is 0. The highest BCUT2D eigenvalue weighted by Crippen LogP contribution is 2.25. The summed E-state index contributed by atoms with van der Waals surface area (Å²) >= 11 is 17.1. The second kappa shape index (κ2) is 7.09. The second-order valence-corrected chi connectivity index (χ2v) is 5.73. The van der Waals surface area contributed by atoms with E-state index in [9.17, 15) is 5.11 Å². The first-order valence-corrected chi connectivity index (χ1v) is 7.43. The minimum absolute atomic E-state index is 0.427. The largest absolute Gasteiger partial charge is 0.389 e. The number of benzene rings is 2. The number of halogens is 2. The molecular weight excluding hydrogens is 327 g/mol. The zero-order chi connectivity index (χ0) is 15.4. The van der Waals surface area contributed by atoms with Crippen LogP contribution in [-0.4, -0.2) is 10.2 Å². The molecule has 0 bridgehead atoms. The molecule has 0 heterocycles. The van der Waals surface area contributed by atoms with Gasteiger partial charge in [0.15, 0.2) is 5.11 Å². The second-order valence-electron chi connectivity index (χ2n) is 4.51. The van der Waals surface area contributed by atoms with E-state index in [1.807, 2.05) is 24.3 Å². The van der Waals surface area contributed by atoms with Gasteiger partial charge in [-0.1, -0.05) is 35.3 Å². The van der Waals surface area contributed by atoms with E-state index in [1.54, 1.807) is 25.1 Å². The van der Waals surface area contributed by atoms with Gasteiger partial charge < -0.3 is 15.7 Å². The topological polar surface area (TPSA) is 44.3 Å². The Hall–Kier alpha value is -1.33. The SMILES string of the molecule is C[C@@H](O)c1cccc(NC(=S)Nc2ccc(Cl)c(Cl)c2)c1. The smallest absolute Gasteiger partial charge is 0.175 e. The Labute approximate surface area is 138 Å². The van der Waals surface area contributed by atoms with Gasteiger partial charge in [-0.25, -0.2) is 0 Å². The molecule has 3 nitrogen and oxygen atoms in total. The van der Waals surface area contributed by atoms with Crippen molar-refractivity contribution in [3.05, 3.63) is 58.1 Å². The van der Waals surface area contributed by atoms with Gasteiger partial charge in [-0.15, -0.1) is 0 Å². The third kappa shape index (κ3) is 4.58. The predicted octanol–water partition coefficient (Wildman–Crippen LogP) is 4.86. The van der Waals surface area contributed by atoms with Crippen molar-refractivity contribution in [1.29, 1.82) is 0 Å². The average Bonchev–Trinajstić information content (AvgIpc) is 2.43. The van der Waals surface area contributed by atoms with E-state index in [4.69, 9.17) is 35.4 Å². The molecule has 0 aliphatic heterocycles. The van der Waals surface area contributed by atoms with Crippen LogP contribution in [0.2, 0.25) is 10.0 Å². The molecule has 2 aromatic carbocycles. The van der Waals surface area contributed by atoms with Gasteiger partial charge in [-0.2, -0.15) is 0 Å². The summed E-state index contributed by atoms with van der Waals surface area (Å²) in [5, 5.41) is 17.0. The third-order valence-electron chi connectivity index (χ3n) is 2.80. The van der Waals surface area contributed by atoms with E-state index in [0.717, 1.165) is 16.9 Å². The molecule has 0 unspecified atom stereocenters. The number of hydrogen-bond acceptors (Lipinski definition) is 2. The first-order valence-electron chi connectivity index (χ1n) is 6.27. The minimum atomic E-state index is -0.525. The molecule has 0 saturated carbocycles. The molecule has 0 radical (unpaired) electrons. The summed E-state index contributed by atoms with van der Waals surface area (Å²) in [6, 6.07) is 12.6. The zero-order valence-electron chi connectivity index (χ0n) is 11.2. The van der Waals surface area contributed by atoms with Crippen LogP contribution >= 0.6 is 35.4 Å². The van der Waals surface area contributed by atoms with Crippen molar-refractivity contribution in [2.75, 3.05) is 10.6 Å². The van der Waals surface area contributed by atoms with Crippen LogP contribution < -0.4 is 10.6 Å². The molecule has 6 heteroatoms. The van der Waals surface area contributed by atoms with Crippen LogP contribution in [0.1, 0.15) is 18.6 Å². The zero-order valence-corrected chi connectivity index (χ0v) is 13.6. The first kappa shape index (κ1) is 16.0. The van der Waals surface area contributed by atoms with Crippen LogP contribution in [0, 0.1) is 0 Å². The van der Waals surface area contributed by atoms with Gasteiger partial charge in [0.05, 0.1) is 16.1 Å². The lowest BCUT2D eigenvalue weighted by Gasteiger charge is -2.13. The van der Waals surface area contributed by atoms with Gasteiger partial charge in [-0.05, 0) is 55.0 Å². The van der Waals surface area contributed by atoms with Gasteiger partial charge in [0.1, 0.15) is 0 Å². The molecular formula is C15H14Cl2N2OS. The van der Waals surface area contributed by atoms with Crippen LogP contribution in [0.4, 0.5) is 11.4 Å². The molecule has 0 aliphatic carbocycles. The molecule has 3 N–H and O–H groups in total. The Kier molecular flexibility index (Phi) is 5.42. The quantitative estimate of drug-likeness (QED) is 0.698. The molecule has 0 aliphatic rings. The summed E-state index contributed by atoms with van der Waals surface area (Å²) in [6.07, 6.45) is -0.525. The van der Waals surface area contributed by atoms with Crippen LogP contribution in [0.3, 0.4) is 0 Å². The van der Waals surface area contributed by atoms with Crippen molar-refractivity contribution in [2.45, 2.75) is 13.0 Å². The summed E-state index contributed by atoms with van der Waals surface area (Å²) in [6.45, 7) is 1.71. The molecule has 2 rings (SSSR count). The Morgan fingerprint density at radius 3 is 2.33 bits per heavy atom. The monoisotopic (exact) mass is 340 g/mol. The summed E-state index contributed by atoms with van der Waals surface area (Å²) in [4.78, 5) is 0. The molecule has 0 fully saturated rings. The lowest BCUT2D eigenvalue weighted by atomic mass is 10.1. The first-order chi connectivity index (χ1) is 9.95. The lowest BCUT2D eigenvalue weighted by molar-refractivity contribution is 0.199.